The summed E-state index contributed by atoms with van der Waals surface area (Å²) in [7, 11) is 6.27. The molecular weight excluding hydrogens is 324 g/mol. The van der Waals surface area contributed by atoms with E-state index in [4.69, 9.17) is 13.9 Å². The monoisotopic (exact) mass is 344 g/mol. The summed E-state index contributed by atoms with van der Waals surface area (Å²) in [6.07, 6.45) is 2.95. The number of carbonyl (C=O) groups excluding carboxylic acids is 2. The molecule has 7 heteroatoms. The molecule has 7 nitrogen and oxygen atoms in total. The first-order valence-corrected chi connectivity index (χ1v) is 7.46. The smallest absolute Gasteiger partial charge is 0.291 e. The first kappa shape index (κ1) is 18.1. The number of nitrogens with one attached hydrogen (secondary N) is 1. The van der Waals surface area contributed by atoms with Crippen LogP contribution in [-0.4, -0.2) is 45.0 Å². The van der Waals surface area contributed by atoms with Crippen LogP contribution in [0.5, 0.6) is 11.5 Å². The zero-order valence-corrected chi connectivity index (χ0v) is 14.5. The van der Waals surface area contributed by atoms with Crippen LogP contribution in [0.2, 0.25) is 0 Å². The molecule has 0 unspecified atom stereocenters. The van der Waals surface area contributed by atoms with Gasteiger partial charge >= 0.3 is 0 Å². The van der Waals surface area contributed by atoms with Gasteiger partial charge < -0.3 is 24.1 Å². The van der Waals surface area contributed by atoms with Gasteiger partial charge in [-0.15, -0.1) is 0 Å². The standard InChI is InChI=1S/C18H20N2O5/c1-20(2)18(22)13(19-17(21)15-6-5-9-25-15)10-12-7-8-14(23-3)16(11-12)24-4/h5-11H,1-4H3,(H,19,21)/b13-10-. The zero-order chi connectivity index (χ0) is 18.4. The molecule has 0 atom stereocenters. The molecule has 0 aliphatic carbocycles. The predicted molar refractivity (Wildman–Crippen MR) is 92.4 cm³/mol. The summed E-state index contributed by atoms with van der Waals surface area (Å²) in [6, 6.07) is 8.30. The summed E-state index contributed by atoms with van der Waals surface area (Å²) in [6.45, 7) is 0. The maximum atomic E-state index is 12.4. The Morgan fingerprint density at radius 1 is 1.12 bits per heavy atom. The Morgan fingerprint density at radius 2 is 1.84 bits per heavy atom. The number of ether oxygens (including phenoxy) is 2. The fourth-order valence-electron chi connectivity index (χ4n) is 2.09. The Morgan fingerprint density at radius 3 is 2.40 bits per heavy atom. The first-order chi connectivity index (χ1) is 12.0. The Labute approximate surface area is 145 Å². The summed E-state index contributed by atoms with van der Waals surface area (Å²) in [4.78, 5) is 26.0. The van der Waals surface area contributed by atoms with Gasteiger partial charge in [0.1, 0.15) is 5.70 Å². The van der Waals surface area contributed by atoms with Crippen LogP contribution in [-0.2, 0) is 4.79 Å². The largest absolute Gasteiger partial charge is 0.493 e. The maximum absolute atomic E-state index is 12.4. The SMILES string of the molecule is COc1ccc(/C=C(\NC(=O)c2ccco2)C(=O)N(C)C)cc1OC. The van der Waals surface area contributed by atoms with Crippen LogP contribution in [0.1, 0.15) is 16.1 Å². The predicted octanol–water partition coefficient (Wildman–Crippen LogP) is 2.16. The number of rotatable bonds is 6. The molecule has 0 saturated carbocycles. The highest BCUT2D eigenvalue weighted by molar-refractivity contribution is 6.04. The number of benzene rings is 1. The molecule has 1 aromatic carbocycles. The molecule has 2 rings (SSSR count). The molecular formula is C18H20N2O5. The lowest BCUT2D eigenvalue weighted by Gasteiger charge is -2.15. The average Bonchev–Trinajstić information content (AvgIpc) is 3.14. The van der Waals surface area contributed by atoms with Crippen LogP contribution in [0.15, 0.2) is 46.7 Å². The minimum absolute atomic E-state index is 0.110. The van der Waals surface area contributed by atoms with Gasteiger partial charge in [0.2, 0.25) is 0 Å². The van der Waals surface area contributed by atoms with Crippen molar-refractivity contribution in [2.75, 3.05) is 28.3 Å². The molecule has 132 valence electrons. The van der Waals surface area contributed by atoms with Crippen LogP contribution in [0.3, 0.4) is 0 Å². The highest BCUT2D eigenvalue weighted by atomic mass is 16.5. The lowest BCUT2D eigenvalue weighted by atomic mass is 10.1. The minimum Gasteiger partial charge on any atom is -0.493 e. The summed E-state index contributed by atoms with van der Waals surface area (Å²) in [5, 5.41) is 2.58. The van der Waals surface area contributed by atoms with Gasteiger partial charge in [-0.1, -0.05) is 6.07 Å². The van der Waals surface area contributed by atoms with Crippen LogP contribution >= 0.6 is 0 Å². The van der Waals surface area contributed by atoms with Gasteiger partial charge in [0.25, 0.3) is 11.8 Å². The first-order valence-electron chi connectivity index (χ1n) is 7.46. The highest BCUT2D eigenvalue weighted by Crippen LogP contribution is 2.28. The molecule has 0 radical (unpaired) electrons. The van der Waals surface area contributed by atoms with E-state index in [1.807, 2.05) is 0 Å². The third kappa shape index (κ3) is 4.41. The van der Waals surface area contributed by atoms with Crippen LogP contribution in [0.4, 0.5) is 0 Å². The molecule has 0 bridgehead atoms. The molecule has 25 heavy (non-hydrogen) atoms. The second kappa shape index (κ2) is 8.05. The Hall–Kier alpha value is -3.22. The van der Waals surface area contributed by atoms with Crippen molar-refractivity contribution < 1.29 is 23.5 Å². The number of furan rings is 1. The summed E-state index contributed by atoms with van der Waals surface area (Å²) >= 11 is 0. The lowest BCUT2D eigenvalue weighted by Crippen LogP contribution is -2.34. The van der Waals surface area contributed by atoms with Gasteiger partial charge in [-0.25, -0.2) is 0 Å². The third-order valence-electron chi connectivity index (χ3n) is 3.35. The Bertz CT molecular complexity index is 779. The van der Waals surface area contributed by atoms with Gasteiger partial charge in [0, 0.05) is 14.1 Å². The van der Waals surface area contributed by atoms with Gasteiger partial charge in [-0.05, 0) is 35.9 Å². The highest BCUT2D eigenvalue weighted by Gasteiger charge is 2.18. The van der Waals surface area contributed by atoms with E-state index in [1.54, 1.807) is 44.4 Å². The van der Waals surface area contributed by atoms with Crippen molar-refractivity contribution in [3.63, 3.8) is 0 Å². The molecule has 0 spiro atoms. The average molecular weight is 344 g/mol. The van der Waals surface area contributed by atoms with Crippen LogP contribution in [0.25, 0.3) is 6.08 Å². The van der Waals surface area contributed by atoms with E-state index in [0.29, 0.717) is 17.1 Å². The number of hydrogen-bond donors (Lipinski definition) is 1. The fourth-order valence-corrected chi connectivity index (χ4v) is 2.09. The Kier molecular flexibility index (Phi) is 5.84. The van der Waals surface area contributed by atoms with Crippen molar-refractivity contribution in [1.82, 2.24) is 10.2 Å². The normalized spacial score (nSPS) is 11.0. The third-order valence-corrected chi connectivity index (χ3v) is 3.35. The van der Waals surface area contributed by atoms with Crippen molar-refractivity contribution in [1.29, 1.82) is 0 Å². The van der Waals surface area contributed by atoms with Crippen LogP contribution < -0.4 is 14.8 Å². The molecule has 0 saturated heterocycles. The number of likely N-dealkylation sites (N-methyl/N-ethyl adjacent to an activating group) is 1. The van der Waals surface area contributed by atoms with E-state index in [-0.39, 0.29) is 17.4 Å². The maximum Gasteiger partial charge on any atom is 0.291 e. The minimum atomic E-state index is -0.507. The van der Waals surface area contributed by atoms with E-state index in [0.717, 1.165) is 0 Å². The second-order valence-corrected chi connectivity index (χ2v) is 5.30. The quantitative estimate of drug-likeness (QED) is 0.812. The number of methoxy groups -OCH3 is 2. The van der Waals surface area contributed by atoms with Gasteiger partial charge in [0.05, 0.1) is 20.5 Å². The van der Waals surface area contributed by atoms with E-state index >= 15 is 0 Å². The molecule has 2 amide bonds. The van der Waals surface area contributed by atoms with Crippen LogP contribution in [0, 0.1) is 0 Å². The Balaban J connectivity index is 2.36. The van der Waals surface area contributed by atoms with Gasteiger partial charge in [-0.2, -0.15) is 0 Å². The number of carbonyl (C=O) groups is 2. The number of amides is 2. The summed E-state index contributed by atoms with van der Waals surface area (Å²) in [5.74, 6) is 0.344. The van der Waals surface area contributed by atoms with E-state index in [1.165, 1.54) is 31.4 Å². The molecule has 1 aromatic heterocycles. The van der Waals surface area contributed by atoms with E-state index < -0.39 is 5.91 Å². The molecule has 1 N–H and O–H groups in total. The lowest BCUT2D eigenvalue weighted by molar-refractivity contribution is -0.124. The summed E-state index contributed by atoms with van der Waals surface area (Å²) < 4.78 is 15.5. The molecule has 0 aliphatic heterocycles. The topological polar surface area (TPSA) is 81.0 Å². The molecule has 0 fully saturated rings. The number of nitrogens with zero attached hydrogens (tertiary/aromatic N) is 1. The van der Waals surface area contributed by atoms with Crippen molar-refractivity contribution in [3.05, 3.63) is 53.6 Å². The van der Waals surface area contributed by atoms with Crippen molar-refractivity contribution >= 4 is 17.9 Å². The van der Waals surface area contributed by atoms with Gasteiger partial charge in [0.15, 0.2) is 17.3 Å². The summed E-state index contributed by atoms with van der Waals surface area (Å²) in [5.41, 5.74) is 0.779. The number of hydrogen-bond acceptors (Lipinski definition) is 5. The fraction of sp³-hybridized carbons (Fsp3) is 0.222. The molecule has 2 aromatic rings. The van der Waals surface area contributed by atoms with Crippen molar-refractivity contribution in [3.8, 4) is 11.5 Å². The van der Waals surface area contributed by atoms with Crippen molar-refractivity contribution in [2.45, 2.75) is 0 Å². The van der Waals surface area contributed by atoms with Gasteiger partial charge in [-0.3, -0.25) is 9.59 Å². The molecule has 0 aliphatic rings. The van der Waals surface area contributed by atoms with E-state index in [2.05, 4.69) is 5.32 Å². The van der Waals surface area contributed by atoms with Crippen molar-refractivity contribution in [2.24, 2.45) is 0 Å². The second-order valence-electron chi connectivity index (χ2n) is 5.30. The molecule has 1 heterocycles. The van der Waals surface area contributed by atoms with E-state index in [9.17, 15) is 9.59 Å². The zero-order valence-electron chi connectivity index (χ0n) is 14.5.